The third-order valence-corrected chi connectivity index (χ3v) is 5.07. The lowest BCUT2D eigenvalue weighted by molar-refractivity contribution is -0.156. The summed E-state index contributed by atoms with van der Waals surface area (Å²) in [4.78, 5) is 48.6. The quantitative estimate of drug-likeness (QED) is 0.508. The van der Waals surface area contributed by atoms with Crippen molar-refractivity contribution >= 4 is 40.2 Å². The van der Waals surface area contributed by atoms with E-state index in [0.29, 0.717) is 18.6 Å². The molecule has 154 valence electrons. The molecule has 1 aliphatic rings. The molecule has 2 heterocycles. The van der Waals surface area contributed by atoms with Gasteiger partial charge in [0.25, 0.3) is 5.91 Å². The molecule has 0 unspecified atom stereocenters. The summed E-state index contributed by atoms with van der Waals surface area (Å²) < 4.78 is 20.1. The Morgan fingerprint density at radius 3 is 2.39 bits per heavy atom. The van der Waals surface area contributed by atoms with Crippen LogP contribution in [0.4, 0.5) is 5.00 Å². The van der Waals surface area contributed by atoms with Crippen LogP contribution >= 0.6 is 11.3 Å². The number of carbonyl (C=O) groups is 4. The van der Waals surface area contributed by atoms with Gasteiger partial charge in [0, 0.05) is 6.61 Å². The van der Waals surface area contributed by atoms with Gasteiger partial charge in [0.15, 0.2) is 12.7 Å². The number of rotatable bonds is 8. The lowest BCUT2D eigenvalue weighted by atomic mass is 10.1. The summed E-state index contributed by atoms with van der Waals surface area (Å²) in [6.07, 6.45) is 0.669. The molecule has 1 aromatic heterocycles. The van der Waals surface area contributed by atoms with Gasteiger partial charge in [-0.25, -0.2) is 14.4 Å². The normalized spacial score (nSPS) is 15.8. The van der Waals surface area contributed by atoms with Gasteiger partial charge >= 0.3 is 17.9 Å². The summed E-state index contributed by atoms with van der Waals surface area (Å²) in [6.45, 7) is 5.14. The van der Waals surface area contributed by atoms with E-state index in [9.17, 15) is 19.2 Å². The van der Waals surface area contributed by atoms with Gasteiger partial charge in [0.2, 0.25) is 0 Å². The van der Waals surface area contributed by atoms with Crippen LogP contribution in [0.5, 0.6) is 0 Å². The van der Waals surface area contributed by atoms with Gasteiger partial charge in [-0.2, -0.15) is 0 Å². The fourth-order valence-corrected chi connectivity index (χ4v) is 3.70. The Morgan fingerprint density at radius 1 is 1.11 bits per heavy atom. The molecule has 1 aromatic rings. The summed E-state index contributed by atoms with van der Waals surface area (Å²) in [5, 5.41) is 2.64. The molecule has 10 heteroatoms. The fraction of sp³-hybridized carbons (Fsp3) is 0.556. The molecule has 0 aromatic carbocycles. The number of hydrogen-bond donors (Lipinski definition) is 1. The first kappa shape index (κ1) is 21.8. The van der Waals surface area contributed by atoms with Gasteiger partial charge in [-0.15, -0.1) is 11.3 Å². The second-order valence-electron chi connectivity index (χ2n) is 5.86. The van der Waals surface area contributed by atoms with E-state index in [2.05, 4.69) is 5.32 Å². The number of esters is 3. The van der Waals surface area contributed by atoms with Gasteiger partial charge in [0.1, 0.15) is 9.88 Å². The molecule has 1 fully saturated rings. The van der Waals surface area contributed by atoms with E-state index in [1.54, 1.807) is 20.8 Å². The standard InChI is InChI=1S/C18H23NO8S/c1-4-24-17(22)13-10(3)14(18(23)25-5-2)28-15(13)19-12(20)9-27-16(21)11-7-6-8-26-11/h11H,4-9H2,1-3H3,(H,19,20)/t11-/m1/s1. The molecule has 28 heavy (non-hydrogen) atoms. The highest BCUT2D eigenvalue weighted by molar-refractivity contribution is 7.18. The fourth-order valence-electron chi connectivity index (χ4n) is 2.60. The predicted octanol–water partition coefficient (Wildman–Crippen LogP) is 2.07. The zero-order chi connectivity index (χ0) is 20.7. The Balaban J connectivity index is 2.12. The van der Waals surface area contributed by atoms with Crippen LogP contribution in [0.15, 0.2) is 0 Å². The van der Waals surface area contributed by atoms with Gasteiger partial charge in [-0.3, -0.25) is 4.79 Å². The van der Waals surface area contributed by atoms with Crippen LogP contribution in [0.3, 0.4) is 0 Å². The first-order chi connectivity index (χ1) is 13.4. The molecule has 9 nitrogen and oxygen atoms in total. The molecule has 0 bridgehead atoms. The summed E-state index contributed by atoms with van der Waals surface area (Å²) >= 11 is 0.904. The smallest absolute Gasteiger partial charge is 0.348 e. The molecule has 1 amide bonds. The number of carbonyl (C=O) groups excluding carboxylic acids is 4. The molecular weight excluding hydrogens is 390 g/mol. The number of thiophene rings is 1. The second kappa shape index (κ2) is 10.2. The Bertz CT molecular complexity index is 751. The Morgan fingerprint density at radius 2 is 1.79 bits per heavy atom. The van der Waals surface area contributed by atoms with Gasteiger partial charge < -0.3 is 24.3 Å². The van der Waals surface area contributed by atoms with E-state index in [0.717, 1.165) is 17.8 Å². The first-order valence-electron chi connectivity index (χ1n) is 8.94. The third-order valence-electron chi connectivity index (χ3n) is 3.88. The average molecular weight is 413 g/mol. The number of anilines is 1. The van der Waals surface area contributed by atoms with Crippen molar-refractivity contribution in [2.75, 3.05) is 31.7 Å². The van der Waals surface area contributed by atoms with Crippen molar-refractivity contribution in [3.63, 3.8) is 0 Å². The molecule has 0 saturated carbocycles. The molecule has 1 atom stereocenters. The Kier molecular flexibility index (Phi) is 7.94. The summed E-state index contributed by atoms with van der Waals surface area (Å²) in [7, 11) is 0. The monoisotopic (exact) mass is 413 g/mol. The van der Waals surface area contributed by atoms with E-state index in [4.69, 9.17) is 18.9 Å². The molecule has 0 spiro atoms. The van der Waals surface area contributed by atoms with E-state index in [1.165, 1.54) is 0 Å². The molecule has 1 N–H and O–H groups in total. The molecule has 1 aliphatic heterocycles. The highest BCUT2D eigenvalue weighted by Crippen LogP contribution is 2.34. The minimum atomic E-state index is -0.668. The maximum atomic E-state index is 12.3. The predicted molar refractivity (Wildman–Crippen MR) is 99.5 cm³/mol. The summed E-state index contributed by atoms with van der Waals surface area (Å²) in [6, 6.07) is 0. The lowest BCUT2D eigenvalue weighted by Gasteiger charge is -2.10. The average Bonchev–Trinajstić information content (AvgIpc) is 3.28. The van der Waals surface area contributed by atoms with E-state index in [-0.39, 0.29) is 28.7 Å². The minimum absolute atomic E-state index is 0.0775. The highest BCUT2D eigenvalue weighted by Gasteiger charge is 2.28. The van der Waals surface area contributed by atoms with Crippen LogP contribution in [0, 0.1) is 6.92 Å². The Hall–Kier alpha value is -2.46. The van der Waals surface area contributed by atoms with Crippen molar-refractivity contribution in [1.29, 1.82) is 0 Å². The molecule has 0 aliphatic carbocycles. The Labute approximate surface area is 166 Å². The number of hydrogen-bond acceptors (Lipinski definition) is 9. The molecule has 1 saturated heterocycles. The zero-order valence-corrected chi connectivity index (χ0v) is 16.8. The van der Waals surface area contributed by atoms with Crippen LogP contribution in [-0.4, -0.2) is 56.3 Å². The highest BCUT2D eigenvalue weighted by atomic mass is 32.1. The number of ether oxygens (including phenoxy) is 4. The minimum Gasteiger partial charge on any atom is -0.462 e. The van der Waals surface area contributed by atoms with Crippen molar-refractivity contribution in [2.45, 2.75) is 39.7 Å². The van der Waals surface area contributed by atoms with E-state index < -0.39 is 36.5 Å². The SMILES string of the molecule is CCOC(=O)c1sc(NC(=O)COC(=O)[C@H]2CCCO2)c(C(=O)OCC)c1C. The van der Waals surface area contributed by atoms with Crippen molar-refractivity contribution in [2.24, 2.45) is 0 Å². The van der Waals surface area contributed by atoms with Gasteiger partial charge in [-0.1, -0.05) is 0 Å². The largest absolute Gasteiger partial charge is 0.462 e. The van der Waals surface area contributed by atoms with E-state index in [1.807, 2.05) is 0 Å². The maximum Gasteiger partial charge on any atom is 0.348 e. The molecular formula is C18H23NO8S. The van der Waals surface area contributed by atoms with Crippen LogP contribution in [-0.2, 0) is 28.5 Å². The molecule has 2 rings (SSSR count). The van der Waals surface area contributed by atoms with Crippen LogP contribution < -0.4 is 5.32 Å². The van der Waals surface area contributed by atoms with Crippen molar-refractivity contribution in [1.82, 2.24) is 0 Å². The second-order valence-corrected chi connectivity index (χ2v) is 6.88. The third kappa shape index (κ3) is 5.29. The van der Waals surface area contributed by atoms with Crippen LogP contribution in [0.25, 0.3) is 0 Å². The zero-order valence-electron chi connectivity index (χ0n) is 16.0. The van der Waals surface area contributed by atoms with Crippen LogP contribution in [0.2, 0.25) is 0 Å². The number of nitrogens with one attached hydrogen (secondary N) is 1. The van der Waals surface area contributed by atoms with Gasteiger partial charge in [0.05, 0.1) is 18.8 Å². The summed E-state index contributed by atoms with van der Waals surface area (Å²) in [5.41, 5.74) is 0.433. The van der Waals surface area contributed by atoms with Crippen molar-refractivity contribution in [3.8, 4) is 0 Å². The summed E-state index contributed by atoms with van der Waals surface area (Å²) in [5.74, 6) is -2.51. The molecule has 0 radical (unpaired) electrons. The van der Waals surface area contributed by atoms with Crippen LogP contribution in [0.1, 0.15) is 52.3 Å². The lowest BCUT2D eigenvalue weighted by Crippen LogP contribution is -2.27. The van der Waals surface area contributed by atoms with Gasteiger partial charge in [-0.05, 0) is 39.2 Å². The number of amides is 1. The topological polar surface area (TPSA) is 117 Å². The van der Waals surface area contributed by atoms with Crippen molar-refractivity contribution < 1.29 is 38.1 Å². The van der Waals surface area contributed by atoms with E-state index >= 15 is 0 Å². The van der Waals surface area contributed by atoms with Crippen molar-refractivity contribution in [3.05, 3.63) is 16.0 Å². The first-order valence-corrected chi connectivity index (χ1v) is 9.76. The maximum absolute atomic E-state index is 12.3.